The molecule has 3 aromatic rings. The van der Waals surface area contributed by atoms with E-state index in [0.29, 0.717) is 31.9 Å². The summed E-state index contributed by atoms with van der Waals surface area (Å²) >= 11 is 12.9. The fraction of sp³-hybridized carbons (Fsp3) is 0.0435. The highest BCUT2D eigenvalue weighted by atomic mass is 79.9. The Labute approximate surface area is 199 Å². The van der Waals surface area contributed by atoms with Gasteiger partial charge in [0.05, 0.1) is 14.5 Å². The van der Waals surface area contributed by atoms with E-state index >= 15 is 0 Å². The Balaban J connectivity index is 1.56. The third kappa shape index (κ3) is 5.06. The van der Waals surface area contributed by atoms with Crippen molar-refractivity contribution in [3.05, 3.63) is 103 Å². The molecule has 8 heteroatoms. The number of benzene rings is 3. The third-order valence-corrected chi connectivity index (χ3v) is 5.78. The Morgan fingerprint density at radius 3 is 2.42 bits per heavy atom. The quantitative estimate of drug-likeness (QED) is 0.249. The van der Waals surface area contributed by atoms with E-state index in [4.69, 9.17) is 21.1 Å². The number of cyclic esters (lactones) is 1. The summed E-state index contributed by atoms with van der Waals surface area (Å²) in [7, 11) is 0. The Bertz CT molecular complexity index is 1200. The Hall–Kier alpha value is -2.48. The van der Waals surface area contributed by atoms with Gasteiger partial charge in [-0.2, -0.15) is 0 Å². The van der Waals surface area contributed by atoms with E-state index in [1.54, 1.807) is 42.5 Å². The van der Waals surface area contributed by atoms with E-state index in [9.17, 15) is 9.18 Å². The van der Waals surface area contributed by atoms with E-state index in [1.165, 1.54) is 12.1 Å². The number of hydrogen-bond acceptors (Lipinski definition) is 4. The second-order valence-corrected chi connectivity index (χ2v) is 8.69. The Morgan fingerprint density at radius 1 is 1.06 bits per heavy atom. The van der Waals surface area contributed by atoms with Crippen LogP contribution in [0, 0.1) is 5.82 Å². The Kier molecular flexibility index (Phi) is 6.55. The number of halogens is 4. The average molecular weight is 566 g/mol. The molecule has 1 heterocycles. The van der Waals surface area contributed by atoms with Crippen LogP contribution in [0.4, 0.5) is 4.39 Å². The minimum absolute atomic E-state index is 0.0598. The predicted octanol–water partition coefficient (Wildman–Crippen LogP) is 6.93. The maximum Gasteiger partial charge on any atom is 0.363 e. The molecule has 0 bridgehead atoms. The van der Waals surface area contributed by atoms with Crippen molar-refractivity contribution in [1.82, 2.24) is 0 Å². The van der Waals surface area contributed by atoms with Crippen LogP contribution in [0.5, 0.6) is 5.75 Å². The van der Waals surface area contributed by atoms with Gasteiger partial charge in [0.25, 0.3) is 0 Å². The predicted molar refractivity (Wildman–Crippen MR) is 125 cm³/mol. The van der Waals surface area contributed by atoms with Gasteiger partial charge < -0.3 is 9.47 Å². The van der Waals surface area contributed by atoms with Crippen LogP contribution in [-0.4, -0.2) is 11.9 Å². The summed E-state index contributed by atoms with van der Waals surface area (Å²) in [4.78, 5) is 16.4. The maximum atomic E-state index is 14.0. The Morgan fingerprint density at radius 2 is 1.74 bits per heavy atom. The van der Waals surface area contributed by atoms with Gasteiger partial charge in [-0.1, -0.05) is 35.9 Å². The van der Waals surface area contributed by atoms with Crippen LogP contribution >= 0.6 is 43.5 Å². The molecule has 1 aliphatic rings. The molecule has 0 saturated carbocycles. The SMILES string of the molecule is O=C1OC(c2ccccc2F)=N/C1=C\c1cc(Br)c(OCc2ccc(Cl)cc2)c(Br)c1. The third-order valence-electron chi connectivity index (χ3n) is 4.35. The van der Waals surface area contributed by atoms with Crippen molar-refractivity contribution < 1.29 is 18.7 Å². The van der Waals surface area contributed by atoms with Gasteiger partial charge in [-0.25, -0.2) is 14.2 Å². The maximum absolute atomic E-state index is 14.0. The lowest BCUT2D eigenvalue weighted by atomic mass is 10.2. The minimum Gasteiger partial charge on any atom is -0.487 e. The number of esters is 1. The van der Waals surface area contributed by atoms with Crippen LogP contribution in [0.25, 0.3) is 6.08 Å². The lowest BCUT2D eigenvalue weighted by Gasteiger charge is -2.11. The van der Waals surface area contributed by atoms with Gasteiger partial charge in [-0.15, -0.1) is 0 Å². The highest BCUT2D eigenvalue weighted by Gasteiger charge is 2.26. The first-order valence-electron chi connectivity index (χ1n) is 9.04. The zero-order valence-electron chi connectivity index (χ0n) is 15.7. The molecule has 3 aromatic carbocycles. The van der Waals surface area contributed by atoms with Crippen molar-refractivity contribution in [1.29, 1.82) is 0 Å². The molecular formula is C23H13Br2ClFNO3. The van der Waals surface area contributed by atoms with E-state index in [-0.39, 0.29) is 17.2 Å². The molecule has 0 aliphatic carbocycles. The molecule has 0 unspecified atom stereocenters. The van der Waals surface area contributed by atoms with E-state index in [0.717, 1.165) is 5.56 Å². The molecule has 0 spiro atoms. The second kappa shape index (κ2) is 9.34. The molecule has 0 saturated heterocycles. The van der Waals surface area contributed by atoms with Crippen molar-refractivity contribution in [2.75, 3.05) is 0 Å². The fourth-order valence-corrected chi connectivity index (χ4v) is 4.43. The first-order valence-corrected chi connectivity index (χ1v) is 11.0. The van der Waals surface area contributed by atoms with Crippen LogP contribution in [0.3, 0.4) is 0 Å². The van der Waals surface area contributed by atoms with Crippen LogP contribution in [0.2, 0.25) is 5.02 Å². The van der Waals surface area contributed by atoms with Crippen molar-refractivity contribution in [3.63, 3.8) is 0 Å². The molecule has 1 aliphatic heterocycles. The summed E-state index contributed by atoms with van der Waals surface area (Å²) in [6.07, 6.45) is 1.56. The van der Waals surface area contributed by atoms with Crippen molar-refractivity contribution >= 4 is 61.4 Å². The van der Waals surface area contributed by atoms with Gasteiger partial charge >= 0.3 is 5.97 Å². The molecule has 0 aromatic heterocycles. The first-order chi connectivity index (χ1) is 14.9. The summed E-state index contributed by atoms with van der Waals surface area (Å²) in [5.41, 5.74) is 1.86. The van der Waals surface area contributed by atoms with Crippen molar-refractivity contribution in [2.24, 2.45) is 4.99 Å². The number of rotatable bonds is 5. The molecule has 0 amide bonds. The van der Waals surface area contributed by atoms with Gasteiger partial charge in [0.1, 0.15) is 18.2 Å². The lowest BCUT2D eigenvalue weighted by molar-refractivity contribution is -0.129. The molecule has 4 nitrogen and oxygen atoms in total. The number of aliphatic imine (C=N–C) groups is 1. The van der Waals surface area contributed by atoms with Gasteiger partial charge in [-0.3, -0.25) is 0 Å². The topological polar surface area (TPSA) is 47.9 Å². The molecule has 0 atom stereocenters. The average Bonchev–Trinajstić information content (AvgIpc) is 3.09. The van der Waals surface area contributed by atoms with Crippen LogP contribution < -0.4 is 4.74 Å². The summed E-state index contributed by atoms with van der Waals surface area (Å²) in [6, 6.07) is 16.9. The number of carbonyl (C=O) groups excluding carboxylic acids is 1. The number of hydrogen-bond donors (Lipinski definition) is 0. The summed E-state index contributed by atoms with van der Waals surface area (Å²) in [6.45, 7) is 0.359. The summed E-state index contributed by atoms with van der Waals surface area (Å²) in [5, 5.41) is 0.662. The smallest absolute Gasteiger partial charge is 0.363 e. The molecule has 31 heavy (non-hydrogen) atoms. The van der Waals surface area contributed by atoms with Crippen LogP contribution in [0.1, 0.15) is 16.7 Å². The summed E-state index contributed by atoms with van der Waals surface area (Å²) < 4.78 is 26.4. The van der Waals surface area contributed by atoms with Crippen LogP contribution in [0.15, 0.2) is 80.3 Å². The van der Waals surface area contributed by atoms with E-state index in [1.807, 2.05) is 12.1 Å². The lowest BCUT2D eigenvalue weighted by Crippen LogP contribution is -2.07. The highest BCUT2D eigenvalue weighted by Crippen LogP contribution is 2.36. The molecule has 0 radical (unpaired) electrons. The number of nitrogens with zero attached hydrogens (tertiary/aromatic N) is 1. The minimum atomic E-state index is -0.645. The fourth-order valence-electron chi connectivity index (χ4n) is 2.85. The monoisotopic (exact) mass is 563 g/mol. The number of carbonyl (C=O) groups is 1. The van der Waals surface area contributed by atoms with Gasteiger partial charge in [-0.05, 0) is 85.5 Å². The molecule has 156 valence electrons. The van der Waals surface area contributed by atoms with E-state index < -0.39 is 11.8 Å². The van der Waals surface area contributed by atoms with E-state index in [2.05, 4.69) is 36.9 Å². The van der Waals surface area contributed by atoms with Gasteiger partial charge in [0.2, 0.25) is 5.90 Å². The zero-order valence-corrected chi connectivity index (χ0v) is 19.7. The highest BCUT2D eigenvalue weighted by molar-refractivity contribution is 9.11. The van der Waals surface area contributed by atoms with Crippen molar-refractivity contribution in [2.45, 2.75) is 6.61 Å². The van der Waals surface area contributed by atoms with Crippen molar-refractivity contribution in [3.8, 4) is 5.75 Å². The number of ether oxygens (including phenoxy) is 2. The zero-order chi connectivity index (χ0) is 22.0. The standard InChI is InChI=1S/C23H13Br2ClFNO3/c24-17-9-14(10-18(25)21(17)30-12-13-5-7-15(26)8-6-13)11-20-23(29)31-22(28-20)16-3-1-2-4-19(16)27/h1-11H,12H2/b20-11-. The summed E-state index contributed by atoms with van der Waals surface area (Å²) in [5.74, 6) is -0.603. The molecule has 0 fully saturated rings. The molecule has 0 N–H and O–H groups in total. The van der Waals surface area contributed by atoms with Crippen LogP contribution in [-0.2, 0) is 16.1 Å². The second-order valence-electron chi connectivity index (χ2n) is 6.54. The van der Waals surface area contributed by atoms with Gasteiger partial charge in [0.15, 0.2) is 5.70 Å². The molecular weight excluding hydrogens is 553 g/mol. The normalized spacial score (nSPS) is 14.5. The first kappa shape index (κ1) is 21.7. The molecule has 4 rings (SSSR count). The van der Waals surface area contributed by atoms with Gasteiger partial charge in [0, 0.05) is 5.02 Å². The largest absolute Gasteiger partial charge is 0.487 e.